The Balaban J connectivity index is 1.53. The van der Waals surface area contributed by atoms with Gasteiger partial charge in [-0.2, -0.15) is 0 Å². The van der Waals surface area contributed by atoms with Crippen molar-refractivity contribution in [3.63, 3.8) is 0 Å². The monoisotopic (exact) mass is 448 g/mol. The van der Waals surface area contributed by atoms with E-state index in [-0.39, 0.29) is 18.3 Å². The number of amides is 1. The lowest BCUT2D eigenvalue weighted by Gasteiger charge is -2.22. The molecule has 1 amide bonds. The van der Waals surface area contributed by atoms with Gasteiger partial charge in [0.15, 0.2) is 0 Å². The molecule has 0 unspecified atom stereocenters. The molecule has 0 aliphatic rings. The van der Waals surface area contributed by atoms with Crippen molar-refractivity contribution in [1.82, 2.24) is 0 Å². The summed E-state index contributed by atoms with van der Waals surface area (Å²) < 4.78 is 39.1. The fraction of sp³-hybridized carbons (Fsp3) is 0.0800. The number of benzene rings is 4. The van der Waals surface area contributed by atoms with Crippen LogP contribution in [-0.4, -0.2) is 20.6 Å². The zero-order valence-corrected chi connectivity index (χ0v) is 18.1. The summed E-state index contributed by atoms with van der Waals surface area (Å²) in [6, 6.07) is 25.5. The Kier molecular flexibility index (Phi) is 5.92. The third kappa shape index (κ3) is 4.95. The first kappa shape index (κ1) is 21.5. The van der Waals surface area contributed by atoms with Crippen LogP contribution in [0.5, 0.6) is 0 Å². The number of sulfonamides is 1. The van der Waals surface area contributed by atoms with Crippen LogP contribution in [0, 0.1) is 5.82 Å². The summed E-state index contributed by atoms with van der Waals surface area (Å²) in [6.07, 6.45) is 1.11. The van der Waals surface area contributed by atoms with Gasteiger partial charge in [0.1, 0.15) is 5.82 Å². The lowest BCUT2D eigenvalue weighted by Crippen LogP contribution is -2.29. The van der Waals surface area contributed by atoms with Gasteiger partial charge in [0.25, 0.3) is 5.91 Å². The van der Waals surface area contributed by atoms with Crippen LogP contribution in [-0.2, 0) is 16.6 Å². The molecule has 0 bridgehead atoms. The van der Waals surface area contributed by atoms with Crippen LogP contribution in [0.25, 0.3) is 10.8 Å². The zero-order valence-electron chi connectivity index (χ0n) is 17.3. The average Bonchev–Trinajstić information content (AvgIpc) is 2.78. The van der Waals surface area contributed by atoms with Gasteiger partial charge in [0.2, 0.25) is 10.0 Å². The minimum atomic E-state index is -3.59. The van der Waals surface area contributed by atoms with E-state index in [1.807, 2.05) is 42.5 Å². The van der Waals surface area contributed by atoms with Gasteiger partial charge in [-0.25, -0.2) is 12.8 Å². The third-order valence-corrected chi connectivity index (χ3v) is 6.21. The van der Waals surface area contributed by atoms with Gasteiger partial charge in [0, 0.05) is 11.3 Å². The SMILES string of the molecule is CS(=O)(=O)N(Cc1ccc(F)cc1)c1ccc(C(=O)Nc2ccc3ccccc3c2)cc1. The van der Waals surface area contributed by atoms with Crippen molar-refractivity contribution in [2.45, 2.75) is 6.54 Å². The van der Waals surface area contributed by atoms with Crippen LogP contribution in [0.4, 0.5) is 15.8 Å². The molecule has 0 aromatic heterocycles. The molecule has 5 nitrogen and oxygen atoms in total. The molecule has 0 fully saturated rings. The van der Waals surface area contributed by atoms with E-state index in [1.165, 1.54) is 16.4 Å². The molecule has 4 aromatic rings. The van der Waals surface area contributed by atoms with E-state index in [1.54, 1.807) is 36.4 Å². The summed E-state index contributed by atoms with van der Waals surface area (Å²) in [5, 5.41) is 4.97. The molecular weight excluding hydrogens is 427 g/mol. The number of anilines is 2. The predicted octanol–water partition coefficient (Wildman–Crippen LogP) is 5.20. The molecule has 0 spiro atoms. The van der Waals surface area contributed by atoms with Gasteiger partial charge in [0.05, 0.1) is 18.5 Å². The Morgan fingerprint density at radius 3 is 2.19 bits per heavy atom. The number of carbonyl (C=O) groups is 1. The van der Waals surface area contributed by atoms with E-state index < -0.39 is 10.0 Å². The van der Waals surface area contributed by atoms with Crippen LogP contribution in [0.15, 0.2) is 91.0 Å². The average molecular weight is 449 g/mol. The molecule has 1 N–H and O–H groups in total. The number of hydrogen-bond donors (Lipinski definition) is 1. The van der Waals surface area contributed by atoms with E-state index in [0.29, 0.717) is 22.5 Å². The van der Waals surface area contributed by atoms with Crippen molar-refractivity contribution in [3.05, 3.63) is 108 Å². The minimum Gasteiger partial charge on any atom is -0.322 e. The maximum atomic E-state index is 13.2. The molecule has 162 valence electrons. The van der Waals surface area contributed by atoms with Crippen molar-refractivity contribution in [2.24, 2.45) is 0 Å². The van der Waals surface area contributed by atoms with Gasteiger partial charge < -0.3 is 5.32 Å². The highest BCUT2D eigenvalue weighted by Gasteiger charge is 2.18. The number of rotatable bonds is 6. The fourth-order valence-corrected chi connectivity index (χ4v) is 4.29. The van der Waals surface area contributed by atoms with Crippen LogP contribution in [0.3, 0.4) is 0 Å². The van der Waals surface area contributed by atoms with Gasteiger partial charge in [-0.3, -0.25) is 9.10 Å². The summed E-state index contributed by atoms with van der Waals surface area (Å²) in [5.74, 6) is -0.683. The van der Waals surface area contributed by atoms with Crippen molar-refractivity contribution in [3.8, 4) is 0 Å². The van der Waals surface area contributed by atoms with Crippen molar-refractivity contribution in [2.75, 3.05) is 15.9 Å². The Bertz CT molecular complexity index is 1370. The number of halogens is 1. The van der Waals surface area contributed by atoms with Crippen LogP contribution < -0.4 is 9.62 Å². The molecular formula is C25H21FN2O3S. The molecule has 4 aromatic carbocycles. The molecule has 0 radical (unpaired) electrons. The summed E-state index contributed by atoms with van der Waals surface area (Å²) in [7, 11) is -3.59. The first-order chi connectivity index (χ1) is 15.3. The molecule has 0 atom stereocenters. The van der Waals surface area contributed by atoms with Crippen molar-refractivity contribution >= 4 is 38.1 Å². The molecule has 0 aliphatic heterocycles. The summed E-state index contributed by atoms with van der Waals surface area (Å²) in [6.45, 7) is 0.0573. The second-order valence-corrected chi connectivity index (χ2v) is 9.37. The highest BCUT2D eigenvalue weighted by atomic mass is 32.2. The van der Waals surface area contributed by atoms with Gasteiger partial charge >= 0.3 is 0 Å². The Morgan fingerprint density at radius 1 is 0.875 bits per heavy atom. The van der Waals surface area contributed by atoms with Crippen LogP contribution in [0.1, 0.15) is 15.9 Å². The molecule has 0 saturated carbocycles. The maximum absolute atomic E-state index is 13.2. The predicted molar refractivity (Wildman–Crippen MR) is 126 cm³/mol. The third-order valence-electron chi connectivity index (χ3n) is 5.06. The first-order valence-electron chi connectivity index (χ1n) is 9.92. The maximum Gasteiger partial charge on any atom is 0.255 e. The molecule has 32 heavy (non-hydrogen) atoms. The van der Waals surface area contributed by atoms with E-state index in [9.17, 15) is 17.6 Å². The van der Waals surface area contributed by atoms with Crippen LogP contribution in [0.2, 0.25) is 0 Å². The number of hydrogen-bond acceptors (Lipinski definition) is 3. The molecule has 4 rings (SSSR count). The van der Waals surface area contributed by atoms with E-state index in [4.69, 9.17) is 0 Å². The number of nitrogens with one attached hydrogen (secondary N) is 1. The molecule has 0 saturated heterocycles. The second kappa shape index (κ2) is 8.80. The fourth-order valence-electron chi connectivity index (χ4n) is 3.41. The van der Waals surface area contributed by atoms with Gasteiger partial charge in [-0.1, -0.05) is 42.5 Å². The van der Waals surface area contributed by atoms with E-state index in [0.717, 1.165) is 17.0 Å². The number of carbonyl (C=O) groups excluding carboxylic acids is 1. The van der Waals surface area contributed by atoms with Crippen molar-refractivity contribution < 1.29 is 17.6 Å². The topological polar surface area (TPSA) is 66.5 Å². The quantitative estimate of drug-likeness (QED) is 0.441. The largest absolute Gasteiger partial charge is 0.322 e. The Hall–Kier alpha value is -3.71. The summed E-state index contributed by atoms with van der Waals surface area (Å²) in [5.41, 5.74) is 2.14. The minimum absolute atomic E-state index is 0.0573. The first-order valence-corrected chi connectivity index (χ1v) is 11.8. The van der Waals surface area contributed by atoms with Gasteiger partial charge in [-0.15, -0.1) is 0 Å². The molecule has 0 heterocycles. The summed E-state index contributed by atoms with van der Waals surface area (Å²) >= 11 is 0. The van der Waals surface area contributed by atoms with E-state index in [2.05, 4.69) is 5.32 Å². The lowest BCUT2D eigenvalue weighted by atomic mass is 10.1. The second-order valence-electron chi connectivity index (χ2n) is 7.46. The Morgan fingerprint density at radius 2 is 1.53 bits per heavy atom. The smallest absolute Gasteiger partial charge is 0.255 e. The Labute approximate surface area is 186 Å². The summed E-state index contributed by atoms with van der Waals surface area (Å²) in [4.78, 5) is 12.7. The number of fused-ring (bicyclic) bond motifs is 1. The number of nitrogens with zero attached hydrogens (tertiary/aromatic N) is 1. The highest BCUT2D eigenvalue weighted by Crippen LogP contribution is 2.23. The molecule has 0 aliphatic carbocycles. The lowest BCUT2D eigenvalue weighted by molar-refractivity contribution is 0.102. The van der Waals surface area contributed by atoms with Crippen molar-refractivity contribution in [1.29, 1.82) is 0 Å². The zero-order chi connectivity index (χ0) is 22.7. The van der Waals surface area contributed by atoms with Crippen LogP contribution >= 0.6 is 0 Å². The van der Waals surface area contributed by atoms with E-state index >= 15 is 0 Å². The van der Waals surface area contributed by atoms with Gasteiger partial charge in [-0.05, 0) is 64.9 Å². The normalized spacial score (nSPS) is 11.3. The standard InChI is InChI=1S/C25H21FN2O3S/c1-32(30,31)28(17-18-6-11-22(26)12-7-18)24-14-9-20(10-15-24)25(29)27-23-13-8-19-4-2-3-5-21(19)16-23/h2-16H,17H2,1H3,(H,27,29). The molecule has 7 heteroatoms. The highest BCUT2D eigenvalue weighted by molar-refractivity contribution is 7.92.